The second-order valence-corrected chi connectivity index (χ2v) is 4.37. The van der Waals surface area contributed by atoms with Crippen LogP contribution in [0.4, 0.5) is 4.39 Å². The Morgan fingerprint density at radius 1 is 1.14 bits per heavy atom. The summed E-state index contributed by atoms with van der Waals surface area (Å²) in [7, 11) is 0. The normalized spacial score (nSPS) is 11.2. The minimum Gasteiger partial charge on any atom is -0.494 e. The fourth-order valence-corrected chi connectivity index (χ4v) is 1.89. The van der Waals surface area contributed by atoms with Crippen molar-refractivity contribution in [3.63, 3.8) is 0 Å². The topological polar surface area (TPSA) is 46.5 Å². The van der Waals surface area contributed by atoms with E-state index in [0.717, 1.165) is 11.3 Å². The van der Waals surface area contributed by atoms with Crippen molar-refractivity contribution in [3.05, 3.63) is 65.5 Å². The molecule has 0 aliphatic rings. The van der Waals surface area contributed by atoms with Crippen molar-refractivity contribution in [1.82, 2.24) is 0 Å². The van der Waals surface area contributed by atoms with Gasteiger partial charge in [0.2, 0.25) is 0 Å². The largest absolute Gasteiger partial charge is 0.494 e. The molecule has 1 N–H and O–H groups in total. The molecule has 0 fully saturated rings. The zero-order valence-electron chi connectivity index (χ0n) is 11.5. The minimum absolute atomic E-state index is 0.110. The van der Waals surface area contributed by atoms with Gasteiger partial charge in [-0.2, -0.15) is 0 Å². The molecule has 0 spiro atoms. The second kappa shape index (κ2) is 6.70. The SMILES string of the molecule is CCOc1ccc(/C=C(/C(=O)O)c2ccc(F)cc2)cc1. The van der Waals surface area contributed by atoms with E-state index in [9.17, 15) is 14.3 Å². The van der Waals surface area contributed by atoms with Gasteiger partial charge in [-0.05, 0) is 48.4 Å². The van der Waals surface area contributed by atoms with Crippen LogP contribution in [-0.4, -0.2) is 17.7 Å². The summed E-state index contributed by atoms with van der Waals surface area (Å²) < 4.78 is 18.2. The van der Waals surface area contributed by atoms with Crippen LogP contribution in [0.5, 0.6) is 5.75 Å². The number of aliphatic carboxylic acids is 1. The first-order valence-electron chi connectivity index (χ1n) is 6.54. The molecule has 3 nitrogen and oxygen atoms in total. The summed E-state index contributed by atoms with van der Waals surface area (Å²) in [5, 5.41) is 9.31. The maximum absolute atomic E-state index is 12.9. The Morgan fingerprint density at radius 3 is 2.29 bits per heavy atom. The molecular formula is C17H15FO3. The van der Waals surface area contributed by atoms with Gasteiger partial charge in [-0.1, -0.05) is 24.3 Å². The average Bonchev–Trinajstić information content (AvgIpc) is 2.47. The van der Waals surface area contributed by atoms with Crippen LogP contribution in [0.3, 0.4) is 0 Å². The number of hydrogen-bond acceptors (Lipinski definition) is 2. The van der Waals surface area contributed by atoms with Crippen LogP contribution in [-0.2, 0) is 4.79 Å². The van der Waals surface area contributed by atoms with Gasteiger partial charge in [0.05, 0.1) is 12.2 Å². The molecule has 2 rings (SSSR count). The first-order chi connectivity index (χ1) is 10.1. The third-order valence-corrected chi connectivity index (χ3v) is 2.89. The Kier molecular flexibility index (Phi) is 4.72. The number of hydrogen-bond donors (Lipinski definition) is 1. The first kappa shape index (κ1) is 14.8. The van der Waals surface area contributed by atoms with Crippen LogP contribution in [0.25, 0.3) is 11.6 Å². The lowest BCUT2D eigenvalue weighted by atomic mass is 10.0. The molecular weight excluding hydrogens is 271 g/mol. The average molecular weight is 286 g/mol. The number of ether oxygens (including phenoxy) is 1. The quantitative estimate of drug-likeness (QED) is 0.671. The fourth-order valence-electron chi connectivity index (χ4n) is 1.89. The van der Waals surface area contributed by atoms with Gasteiger partial charge in [0.1, 0.15) is 11.6 Å². The number of carbonyl (C=O) groups is 1. The number of halogens is 1. The molecule has 0 radical (unpaired) electrons. The lowest BCUT2D eigenvalue weighted by molar-refractivity contribution is -0.130. The number of rotatable bonds is 5. The van der Waals surface area contributed by atoms with E-state index in [1.165, 1.54) is 24.3 Å². The Bertz CT molecular complexity index is 643. The molecule has 0 aromatic heterocycles. The number of carboxylic acid groups (broad SMARTS) is 1. The number of carboxylic acids is 1. The van der Waals surface area contributed by atoms with Gasteiger partial charge in [-0.3, -0.25) is 0 Å². The van der Waals surface area contributed by atoms with Crippen LogP contribution in [0.2, 0.25) is 0 Å². The van der Waals surface area contributed by atoms with Gasteiger partial charge >= 0.3 is 5.97 Å². The predicted molar refractivity (Wildman–Crippen MR) is 79.5 cm³/mol. The predicted octanol–water partition coefficient (Wildman–Crippen LogP) is 3.85. The summed E-state index contributed by atoms with van der Waals surface area (Å²) in [6, 6.07) is 12.5. The van der Waals surface area contributed by atoms with Crippen molar-refractivity contribution >= 4 is 17.6 Å². The van der Waals surface area contributed by atoms with Crippen molar-refractivity contribution in [2.75, 3.05) is 6.61 Å². The Balaban J connectivity index is 2.33. The standard InChI is InChI=1S/C17H15FO3/c1-2-21-15-9-3-12(4-10-15)11-16(17(19)20)13-5-7-14(18)8-6-13/h3-11H,2H2,1H3,(H,19,20)/b16-11+. The summed E-state index contributed by atoms with van der Waals surface area (Å²) in [6.45, 7) is 2.47. The maximum atomic E-state index is 12.9. The molecule has 0 saturated carbocycles. The third kappa shape index (κ3) is 3.92. The van der Waals surface area contributed by atoms with Crippen molar-refractivity contribution in [2.24, 2.45) is 0 Å². The fraction of sp³-hybridized carbons (Fsp3) is 0.118. The van der Waals surface area contributed by atoms with Crippen LogP contribution >= 0.6 is 0 Å². The summed E-state index contributed by atoms with van der Waals surface area (Å²) in [6.07, 6.45) is 1.55. The van der Waals surface area contributed by atoms with E-state index in [1.54, 1.807) is 30.3 Å². The van der Waals surface area contributed by atoms with Crippen molar-refractivity contribution in [1.29, 1.82) is 0 Å². The van der Waals surface area contributed by atoms with Gasteiger partial charge in [0.15, 0.2) is 0 Å². The van der Waals surface area contributed by atoms with Crippen LogP contribution < -0.4 is 4.74 Å². The maximum Gasteiger partial charge on any atom is 0.336 e. The third-order valence-electron chi connectivity index (χ3n) is 2.89. The molecule has 0 saturated heterocycles. The van der Waals surface area contributed by atoms with Crippen LogP contribution in [0.1, 0.15) is 18.1 Å². The van der Waals surface area contributed by atoms with Crippen molar-refractivity contribution < 1.29 is 19.0 Å². The van der Waals surface area contributed by atoms with E-state index >= 15 is 0 Å². The van der Waals surface area contributed by atoms with E-state index in [-0.39, 0.29) is 5.57 Å². The molecule has 2 aromatic rings. The molecule has 0 bridgehead atoms. The number of benzene rings is 2. The van der Waals surface area contributed by atoms with Gasteiger partial charge in [-0.15, -0.1) is 0 Å². The summed E-state index contributed by atoms with van der Waals surface area (Å²) >= 11 is 0. The monoisotopic (exact) mass is 286 g/mol. The lowest BCUT2D eigenvalue weighted by Crippen LogP contribution is -1.99. The second-order valence-electron chi connectivity index (χ2n) is 4.37. The highest BCUT2D eigenvalue weighted by molar-refractivity contribution is 6.20. The smallest absolute Gasteiger partial charge is 0.336 e. The van der Waals surface area contributed by atoms with Gasteiger partial charge in [0.25, 0.3) is 0 Å². The molecule has 21 heavy (non-hydrogen) atoms. The molecule has 0 aliphatic carbocycles. The van der Waals surface area contributed by atoms with Crippen LogP contribution in [0.15, 0.2) is 48.5 Å². The molecule has 2 aromatic carbocycles. The highest BCUT2D eigenvalue weighted by Crippen LogP contribution is 2.21. The molecule has 0 atom stereocenters. The molecule has 0 amide bonds. The zero-order valence-corrected chi connectivity index (χ0v) is 11.5. The highest BCUT2D eigenvalue weighted by atomic mass is 19.1. The first-order valence-corrected chi connectivity index (χ1v) is 6.54. The Morgan fingerprint density at radius 2 is 1.76 bits per heavy atom. The molecule has 0 unspecified atom stereocenters. The van der Waals surface area contributed by atoms with E-state index in [2.05, 4.69) is 0 Å². The molecule has 0 aliphatic heterocycles. The Hall–Kier alpha value is -2.62. The van der Waals surface area contributed by atoms with E-state index in [0.29, 0.717) is 12.2 Å². The van der Waals surface area contributed by atoms with Gasteiger partial charge < -0.3 is 9.84 Å². The summed E-state index contributed by atoms with van der Waals surface area (Å²) in [4.78, 5) is 11.4. The Labute approximate surface area is 122 Å². The van der Waals surface area contributed by atoms with E-state index < -0.39 is 11.8 Å². The van der Waals surface area contributed by atoms with Crippen molar-refractivity contribution in [2.45, 2.75) is 6.92 Å². The van der Waals surface area contributed by atoms with Gasteiger partial charge in [0, 0.05) is 0 Å². The van der Waals surface area contributed by atoms with Gasteiger partial charge in [-0.25, -0.2) is 9.18 Å². The molecule has 4 heteroatoms. The minimum atomic E-state index is -1.06. The highest BCUT2D eigenvalue weighted by Gasteiger charge is 2.10. The van der Waals surface area contributed by atoms with Crippen LogP contribution in [0, 0.1) is 5.82 Å². The molecule has 108 valence electrons. The zero-order chi connectivity index (χ0) is 15.2. The lowest BCUT2D eigenvalue weighted by Gasteiger charge is -2.05. The molecule has 0 heterocycles. The van der Waals surface area contributed by atoms with Crippen molar-refractivity contribution in [3.8, 4) is 5.75 Å². The van der Waals surface area contributed by atoms with E-state index in [4.69, 9.17) is 4.74 Å². The summed E-state index contributed by atoms with van der Waals surface area (Å²) in [5.41, 5.74) is 1.30. The van der Waals surface area contributed by atoms with E-state index in [1.807, 2.05) is 6.92 Å². The summed E-state index contributed by atoms with van der Waals surface area (Å²) in [5.74, 6) is -0.728.